The maximum Gasteiger partial charge on any atom is 0.109 e. The van der Waals surface area contributed by atoms with Crippen molar-refractivity contribution in [1.82, 2.24) is 4.90 Å². The van der Waals surface area contributed by atoms with Crippen LogP contribution in [0.3, 0.4) is 0 Å². The molecule has 0 saturated heterocycles. The lowest BCUT2D eigenvalue weighted by Crippen LogP contribution is -2.43. The monoisotopic (exact) mass is 287 g/mol. The van der Waals surface area contributed by atoms with Crippen LogP contribution >= 0.6 is 0 Å². The molecule has 20 heavy (non-hydrogen) atoms. The summed E-state index contributed by atoms with van der Waals surface area (Å²) in [5.74, 6) is 0. The summed E-state index contributed by atoms with van der Waals surface area (Å²) in [7, 11) is 0. The maximum absolute atomic E-state index is 9.91. The molecule has 0 bridgehead atoms. The fourth-order valence-corrected chi connectivity index (χ4v) is 2.57. The molecule has 0 radical (unpaired) electrons. The van der Waals surface area contributed by atoms with E-state index in [9.17, 15) is 10.2 Å². The second-order valence-electron chi connectivity index (χ2n) is 5.84. The molecule has 0 aromatic carbocycles. The Kier molecular flexibility index (Phi) is 13.8. The maximum atomic E-state index is 9.91. The lowest BCUT2D eigenvalue weighted by Gasteiger charge is -2.31. The van der Waals surface area contributed by atoms with Gasteiger partial charge in [0.05, 0.1) is 0 Å². The molecular formula is C17H37NO2. The van der Waals surface area contributed by atoms with Gasteiger partial charge in [0.1, 0.15) is 12.5 Å². The molecule has 2 N–H and O–H groups in total. The van der Waals surface area contributed by atoms with Crippen LogP contribution in [-0.2, 0) is 0 Å². The molecule has 0 aliphatic carbocycles. The van der Waals surface area contributed by atoms with Crippen LogP contribution in [0.5, 0.6) is 0 Å². The fraction of sp³-hybridized carbons (Fsp3) is 1.00. The topological polar surface area (TPSA) is 43.7 Å². The van der Waals surface area contributed by atoms with E-state index in [-0.39, 0.29) is 0 Å². The number of aliphatic hydroxyl groups excluding tert-OH is 2. The van der Waals surface area contributed by atoms with Gasteiger partial charge in [0, 0.05) is 6.54 Å². The van der Waals surface area contributed by atoms with E-state index < -0.39 is 12.5 Å². The molecule has 0 aliphatic rings. The minimum absolute atomic E-state index is 0.501. The van der Waals surface area contributed by atoms with Gasteiger partial charge in [-0.25, -0.2) is 0 Å². The van der Waals surface area contributed by atoms with Crippen molar-refractivity contribution in [2.75, 3.05) is 6.54 Å². The Balaban J connectivity index is 3.58. The Labute approximate surface area is 126 Å². The standard InChI is InChI=1S/C17H37NO2/c1-4-7-8-9-10-11-12-13-14-15-18(16(19)5-2)17(20)6-3/h16-17,19-20H,4-15H2,1-3H3. The van der Waals surface area contributed by atoms with Crippen LogP contribution < -0.4 is 0 Å². The average molecular weight is 287 g/mol. The van der Waals surface area contributed by atoms with Crippen molar-refractivity contribution in [2.24, 2.45) is 0 Å². The molecule has 0 aromatic rings. The predicted molar refractivity (Wildman–Crippen MR) is 86.5 cm³/mol. The second kappa shape index (κ2) is 13.8. The number of hydrogen-bond acceptors (Lipinski definition) is 3. The summed E-state index contributed by atoms with van der Waals surface area (Å²) in [5.41, 5.74) is 0. The van der Waals surface area contributed by atoms with E-state index in [0.717, 1.165) is 13.0 Å². The summed E-state index contributed by atoms with van der Waals surface area (Å²) in [6, 6.07) is 0. The SMILES string of the molecule is CCCCCCCCCCCN(C(O)CC)C(O)CC. The van der Waals surface area contributed by atoms with Crippen molar-refractivity contribution in [3.8, 4) is 0 Å². The van der Waals surface area contributed by atoms with E-state index >= 15 is 0 Å². The molecule has 0 fully saturated rings. The normalized spacial score (nSPS) is 14.7. The van der Waals surface area contributed by atoms with Crippen LogP contribution in [0.4, 0.5) is 0 Å². The highest BCUT2D eigenvalue weighted by Crippen LogP contribution is 2.13. The molecule has 0 aromatic heterocycles. The fourth-order valence-electron chi connectivity index (χ4n) is 2.57. The van der Waals surface area contributed by atoms with Crippen molar-refractivity contribution in [3.05, 3.63) is 0 Å². The molecule has 0 amide bonds. The molecule has 2 unspecified atom stereocenters. The van der Waals surface area contributed by atoms with Gasteiger partial charge in [0.2, 0.25) is 0 Å². The molecule has 0 spiro atoms. The van der Waals surface area contributed by atoms with Crippen LogP contribution in [0.1, 0.15) is 91.4 Å². The van der Waals surface area contributed by atoms with E-state index in [1.807, 2.05) is 18.7 Å². The molecular weight excluding hydrogens is 250 g/mol. The van der Waals surface area contributed by atoms with E-state index in [1.165, 1.54) is 51.4 Å². The molecule has 0 heterocycles. The van der Waals surface area contributed by atoms with Crippen LogP contribution in [-0.4, -0.2) is 34.1 Å². The lowest BCUT2D eigenvalue weighted by molar-refractivity contribution is -0.104. The third-order valence-corrected chi connectivity index (χ3v) is 4.02. The number of nitrogens with zero attached hydrogens (tertiary/aromatic N) is 1. The zero-order valence-electron chi connectivity index (χ0n) is 14.0. The van der Waals surface area contributed by atoms with Crippen molar-refractivity contribution in [3.63, 3.8) is 0 Å². The van der Waals surface area contributed by atoms with Gasteiger partial charge in [-0.1, -0.05) is 72.1 Å². The highest BCUT2D eigenvalue weighted by atomic mass is 16.3. The van der Waals surface area contributed by atoms with Gasteiger partial charge >= 0.3 is 0 Å². The first-order chi connectivity index (χ1) is 9.67. The van der Waals surface area contributed by atoms with Crippen LogP contribution in [0.2, 0.25) is 0 Å². The summed E-state index contributed by atoms with van der Waals surface area (Å²) in [5, 5.41) is 19.8. The summed E-state index contributed by atoms with van der Waals surface area (Å²) in [6.45, 7) is 6.97. The Morgan fingerprint density at radius 2 is 1.05 bits per heavy atom. The number of hydrogen-bond donors (Lipinski definition) is 2. The highest BCUT2D eigenvalue weighted by molar-refractivity contribution is 4.64. The Morgan fingerprint density at radius 1 is 0.650 bits per heavy atom. The Morgan fingerprint density at radius 3 is 1.45 bits per heavy atom. The number of rotatable bonds is 14. The molecule has 0 rings (SSSR count). The van der Waals surface area contributed by atoms with E-state index in [0.29, 0.717) is 12.8 Å². The molecule has 2 atom stereocenters. The van der Waals surface area contributed by atoms with E-state index in [2.05, 4.69) is 6.92 Å². The predicted octanol–water partition coefficient (Wildman–Crippen LogP) is 4.28. The molecule has 0 aliphatic heterocycles. The summed E-state index contributed by atoms with van der Waals surface area (Å²) >= 11 is 0. The van der Waals surface area contributed by atoms with Crippen molar-refractivity contribution >= 4 is 0 Å². The zero-order chi connectivity index (χ0) is 15.2. The lowest BCUT2D eigenvalue weighted by atomic mass is 10.1. The van der Waals surface area contributed by atoms with Crippen LogP contribution in [0.15, 0.2) is 0 Å². The minimum atomic E-state index is -0.501. The van der Waals surface area contributed by atoms with E-state index in [4.69, 9.17) is 0 Å². The summed E-state index contributed by atoms with van der Waals surface area (Å²) in [6.07, 6.45) is 12.0. The van der Waals surface area contributed by atoms with Crippen LogP contribution in [0.25, 0.3) is 0 Å². The molecule has 3 nitrogen and oxygen atoms in total. The largest absolute Gasteiger partial charge is 0.378 e. The average Bonchev–Trinajstić information content (AvgIpc) is 2.48. The quantitative estimate of drug-likeness (QED) is 0.370. The first kappa shape index (κ1) is 19.9. The Bertz CT molecular complexity index is 189. The van der Waals surface area contributed by atoms with E-state index in [1.54, 1.807) is 0 Å². The molecule has 122 valence electrons. The number of aliphatic hydroxyl groups is 2. The summed E-state index contributed by atoms with van der Waals surface area (Å²) in [4.78, 5) is 1.83. The minimum Gasteiger partial charge on any atom is -0.378 e. The van der Waals surface area contributed by atoms with Gasteiger partial charge < -0.3 is 10.2 Å². The first-order valence-corrected chi connectivity index (χ1v) is 8.79. The van der Waals surface area contributed by atoms with Gasteiger partial charge in [0.15, 0.2) is 0 Å². The van der Waals surface area contributed by atoms with Gasteiger partial charge in [-0.2, -0.15) is 0 Å². The zero-order valence-corrected chi connectivity index (χ0v) is 14.0. The number of unbranched alkanes of at least 4 members (excludes halogenated alkanes) is 8. The molecule has 3 heteroatoms. The van der Waals surface area contributed by atoms with Gasteiger partial charge in [0.25, 0.3) is 0 Å². The van der Waals surface area contributed by atoms with Crippen molar-refractivity contribution < 1.29 is 10.2 Å². The van der Waals surface area contributed by atoms with Crippen molar-refractivity contribution in [2.45, 2.75) is 104 Å². The van der Waals surface area contributed by atoms with Gasteiger partial charge in [-0.15, -0.1) is 0 Å². The smallest absolute Gasteiger partial charge is 0.109 e. The highest BCUT2D eigenvalue weighted by Gasteiger charge is 2.19. The molecule has 0 saturated carbocycles. The third-order valence-electron chi connectivity index (χ3n) is 4.02. The van der Waals surface area contributed by atoms with Crippen molar-refractivity contribution in [1.29, 1.82) is 0 Å². The van der Waals surface area contributed by atoms with Crippen LogP contribution in [0, 0.1) is 0 Å². The third kappa shape index (κ3) is 9.73. The Hall–Kier alpha value is -0.120. The first-order valence-electron chi connectivity index (χ1n) is 8.79. The second-order valence-corrected chi connectivity index (χ2v) is 5.84. The van der Waals surface area contributed by atoms with Gasteiger partial charge in [-0.3, -0.25) is 4.90 Å². The summed E-state index contributed by atoms with van der Waals surface area (Å²) < 4.78 is 0. The van der Waals surface area contributed by atoms with Gasteiger partial charge in [-0.05, 0) is 19.3 Å².